The monoisotopic (exact) mass is 246 g/mol. The lowest BCUT2D eigenvalue weighted by Gasteiger charge is -2.25. The largest absolute Gasteiger partial charge is 0.345 e. The molecule has 1 atom stereocenters. The summed E-state index contributed by atoms with van der Waals surface area (Å²) in [5.41, 5.74) is 0. The van der Waals surface area contributed by atoms with E-state index >= 15 is 0 Å². The first kappa shape index (κ1) is 15.3. The van der Waals surface area contributed by atoms with Gasteiger partial charge < -0.3 is 10.2 Å². The Hall–Kier alpha value is -0.710. The van der Waals surface area contributed by atoms with Gasteiger partial charge in [0.25, 0.3) is 0 Å². The fraction of sp³-hybridized carbons (Fsp3) is 0.818. The number of carbonyl (C=O) groups excluding carboxylic acids is 2. The van der Waals surface area contributed by atoms with Crippen LogP contribution in [0.1, 0.15) is 27.2 Å². The minimum absolute atomic E-state index is 0.0225. The van der Waals surface area contributed by atoms with Gasteiger partial charge in [-0.3, -0.25) is 9.59 Å². The lowest BCUT2D eigenvalue weighted by atomic mass is 10.2. The number of likely N-dealkylation sites (N-methyl/N-ethyl adjacent to an activating group) is 1. The van der Waals surface area contributed by atoms with Crippen molar-refractivity contribution in [2.75, 3.05) is 25.1 Å². The van der Waals surface area contributed by atoms with Crippen LogP contribution < -0.4 is 5.32 Å². The van der Waals surface area contributed by atoms with Crippen molar-refractivity contribution in [2.24, 2.45) is 0 Å². The number of hydrogen-bond acceptors (Lipinski definition) is 3. The Bertz CT molecular complexity index is 230. The molecular weight excluding hydrogens is 224 g/mol. The van der Waals surface area contributed by atoms with Crippen LogP contribution in [0.25, 0.3) is 0 Å². The maximum Gasteiger partial charge on any atom is 0.245 e. The van der Waals surface area contributed by atoms with E-state index in [-0.39, 0.29) is 17.9 Å². The number of carbonyl (C=O) groups is 2. The Morgan fingerprint density at radius 3 is 2.25 bits per heavy atom. The topological polar surface area (TPSA) is 49.4 Å². The van der Waals surface area contributed by atoms with Crippen molar-refractivity contribution >= 4 is 23.6 Å². The van der Waals surface area contributed by atoms with Gasteiger partial charge in [-0.2, -0.15) is 11.8 Å². The molecule has 0 saturated heterocycles. The van der Waals surface area contributed by atoms with Crippen molar-refractivity contribution in [3.63, 3.8) is 0 Å². The first-order chi connectivity index (χ1) is 7.56. The first-order valence-electron chi connectivity index (χ1n) is 5.61. The summed E-state index contributed by atoms with van der Waals surface area (Å²) in [6, 6.07) is -0.371. The number of thioether (sulfide) groups is 1. The van der Waals surface area contributed by atoms with E-state index in [1.165, 1.54) is 6.92 Å². The van der Waals surface area contributed by atoms with E-state index in [4.69, 9.17) is 0 Å². The molecular formula is C11H22N2O2S. The molecule has 0 aromatic heterocycles. The third-order valence-electron chi connectivity index (χ3n) is 2.36. The zero-order valence-corrected chi connectivity index (χ0v) is 11.4. The molecule has 0 aliphatic carbocycles. The maximum atomic E-state index is 12.0. The van der Waals surface area contributed by atoms with Crippen molar-refractivity contribution in [1.29, 1.82) is 0 Å². The van der Waals surface area contributed by atoms with Crippen LogP contribution in [0.3, 0.4) is 0 Å². The quantitative estimate of drug-likeness (QED) is 0.732. The molecule has 0 aromatic rings. The highest BCUT2D eigenvalue weighted by atomic mass is 32.2. The van der Waals surface area contributed by atoms with Crippen molar-refractivity contribution in [3.05, 3.63) is 0 Å². The number of hydrogen-bond donors (Lipinski definition) is 1. The minimum Gasteiger partial charge on any atom is -0.345 e. The predicted octanol–water partition coefficient (Wildman–Crippen LogP) is 1.11. The van der Waals surface area contributed by atoms with Gasteiger partial charge in [0.05, 0.1) is 0 Å². The second-order valence-corrected chi connectivity index (χ2v) is 4.53. The molecule has 0 bridgehead atoms. The van der Waals surface area contributed by atoms with E-state index in [0.717, 1.165) is 5.75 Å². The van der Waals surface area contributed by atoms with Crippen LogP contribution in [-0.2, 0) is 9.59 Å². The Morgan fingerprint density at radius 1 is 1.31 bits per heavy atom. The highest BCUT2D eigenvalue weighted by Gasteiger charge is 2.22. The third-order valence-corrected chi connectivity index (χ3v) is 3.01. The molecule has 5 heteroatoms. The van der Waals surface area contributed by atoms with Crippen LogP contribution in [0.5, 0.6) is 0 Å². The molecule has 0 unspecified atom stereocenters. The highest BCUT2D eigenvalue weighted by molar-refractivity contribution is 7.98. The molecule has 2 amide bonds. The highest BCUT2D eigenvalue weighted by Crippen LogP contribution is 2.04. The molecule has 0 spiro atoms. The SMILES string of the molecule is CCN(CC)C(=O)[C@H](CCSC)NC(C)=O. The van der Waals surface area contributed by atoms with Gasteiger partial charge in [-0.05, 0) is 32.3 Å². The maximum absolute atomic E-state index is 12.0. The summed E-state index contributed by atoms with van der Waals surface area (Å²) < 4.78 is 0. The van der Waals surface area contributed by atoms with E-state index in [2.05, 4.69) is 5.32 Å². The molecule has 1 N–H and O–H groups in total. The molecule has 0 radical (unpaired) electrons. The van der Waals surface area contributed by atoms with Crippen LogP contribution in [0.15, 0.2) is 0 Å². The lowest BCUT2D eigenvalue weighted by molar-refractivity contribution is -0.135. The third kappa shape index (κ3) is 5.39. The molecule has 0 fully saturated rings. The molecule has 0 aliphatic rings. The van der Waals surface area contributed by atoms with Crippen molar-refractivity contribution in [3.8, 4) is 0 Å². The molecule has 0 heterocycles. The standard InChI is InChI=1S/C11H22N2O2S/c1-5-13(6-2)11(15)10(7-8-16-4)12-9(3)14/h10H,5-8H2,1-4H3,(H,12,14)/t10-/m0/s1. The van der Waals surface area contributed by atoms with E-state index in [9.17, 15) is 9.59 Å². The van der Waals surface area contributed by atoms with Crippen LogP contribution >= 0.6 is 11.8 Å². The summed E-state index contributed by atoms with van der Waals surface area (Å²) in [6.45, 7) is 6.71. The second-order valence-electron chi connectivity index (χ2n) is 3.55. The van der Waals surface area contributed by atoms with Gasteiger partial charge in [0.15, 0.2) is 0 Å². The van der Waals surface area contributed by atoms with Crippen molar-refractivity contribution in [1.82, 2.24) is 10.2 Å². The van der Waals surface area contributed by atoms with Crippen LogP contribution in [0.4, 0.5) is 0 Å². The van der Waals surface area contributed by atoms with Gasteiger partial charge >= 0.3 is 0 Å². The van der Waals surface area contributed by atoms with E-state index in [1.807, 2.05) is 20.1 Å². The van der Waals surface area contributed by atoms with Crippen LogP contribution in [-0.4, -0.2) is 47.9 Å². The van der Waals surface area contributed by atoms with Gasteiger partial charge in [-0.1, -0.05) is 0 Å². The van der Waals surface area contributed by atoms with E-state index in [0.29, 0.717) is 19.5 Å². The first-order valence-corrected chi connectivity index (χ1v) is 7.00. The minimum atomic E-state index is -0.371. The van der Waals surface area contributed by atoms with Gasteiger partial charge in [0, 0.05) is 20.0 Å². The molecule has 4 nitrogen and oxygen atoms in total. The van der Waals surface area contributed by atoms with Crippen LogP contribution in [0.2, 0.25) is 0 Å². The Balaban J connectivity index is 4.46. The Kier molecular flexibility index (Phi) is 8.07. The number of rotatable bonds is 7. The number of nitrogens with one attached hydrogen (secondary N) is 1. The molecule has 0 rings (SSSR count). The Labute approximate surface area is 102 Å². The fourth-order valence-corrected chi connectivity index (χ4v) is 1.97. The number of nitrogens with zero attached hydrogens (tertiary/aromatic N) is 1. The molecule has 0 saturated carbocycles. The van der Waals surface area contributed by atoms with Gasteiger partial charge in [-0.25, -0.2) is 0 Å². The predicted molar refractivity (Wildman–Crippen MR) is 68.5 cm³/mol. The van der Waals surface area contributed by atoms with E-state index in [1.54, 1.807) is 16.7 Å². The summed E-state index contributed by atoms with van der Waals surface area (Å²) in [5, 5.41) is 2.72. The van der Waals surface area contributed by atoms with Crippen molar-refractivity contribution in [2.45, 2.75) is 33.2 Å². The zero-order valence-electron chi connectivity index (χ0n) is 10.6. The summed E-state index contributed by atoms with van der Waals surface area (Å²) >= 11 is 1.68. The average molecular weight is 246 g/mol. The zero-order chi connectivity index (χ0) is 12.6. The van der Waals surface area contributed by atoms with Gasteiger partial charge in [0.2, 0.25) is 11.8 Å². The number of amides is 2. The average Bonchev–Trinajstić information content (AvgIpc) is 2.25. The fourth-order valence-electron chi connectivity index (χ4n) is 1.49. The molecule has 0 aliphatic heterocycles. The molecule has 0 aromatic carbocycles. The summed E-state index contributed by atoms with van der Waals surface area (Å²) in [7, 11) is 0. The summed E-state index contributed by atoms with van der Waals surface area (Å²) in [4.78, 5) is 24.8. The summed E-state index contributed by atoms with van der Waals surface area (Å²) in [6.07, 6.45) is 2.68. The molecule has 16 heavy (non-hydrogen) atoms. The Morgan fingerprint density at radius 2 is 1.88 bits per heavy atom. The van der Waals surface area contributed by atoms with Crippen molar-refractivity contribution < 1.29 is 9.59 Å². The van der Waals surface area contributed by atoms with E-state index < -0.39 is 0 Å². The van der Waals surface area contributed by atoms with Crippen LogP contribution in [0, 0.1) is 0 Å². The smallest absolute Gasteiger partial charge is 0.245 e. The normalized spacial score (nSPS) is 12.0. The summed E-state index contributed by atoms with van der Waals surface area (Å²) in [5.74, 6) is 0.749. The lowest BCUT2D eigenvalue weighted by Crippen LogP contribution is -2.48. The van der Waals surface area contributed by atoms with Gasteiger partial charge in [0.1, 0.15) is 6.04 Å². The molecule has 94 valence electrons. The van der Waals surface area contributed by atoms with Gasteiger partial charge in [-0.15, -0.1) is 0 Å². The second kappa shape index (κ2) is 8.44.